The summed E-state index contributed by atoms with van der Waals surface area (Å²) in [5.74, 6) is -2.92. The number of amides is 2. The number of hydrogen-bond donors (Lipinski definition) is 2. The van der Waals surface area contributed by atoms with Crippen LogP contribution in [0.25, 0.3) is 0 Å². The molecule has 0 aliphatic carbocycles. The Labute approximate surface area is 182 Å². The van der Waals surface area contributed by atoms with Gasteiger partial charge in [-0.25, -0.2) is 9.59 Å². The molecule has 2 aromatic rings. The fraction of sp³-hybridized carbons (Fsp3) is 0.318. The molecule has 0 aliphatic rings. The number of benzene rings is 2. The number of alkyl halides is 3. The van der Waals surface area contributed by atoms with Crippen molar-refractivity contribution in [1.82, 2.24) is 10.6 Å². The zero-order valence-electron chi connectivity index (χ0n) is 17.4. The average Bonchev–Trinajstić information content (AvgIpc) is 2.77. The van der Waals surface area contributed by atoms with Crippen molar-refractivity contribution in [2.24, 2.45) is 0 Å². The molecule has 172 valence electrons. The molecule has 0 unspecified atom stereocenters. The van der Waals surface area contributed by atoms with Crippen molar-refractivity contribution in [2.45, 2.75) is 37.7 Å². The quantitative estimate of drug-likeness (QED) is 0.601. The second kappa shape index (κ2) is 10.7. The molecule has 7 nitrogen and oxygen atoms in total. The maximum Gasteiger partial charge on any atom is 0.422 e. The molecule has 0 saturated carbocycles. The van der Waals surface area contributed by atoms with E-state index in [2.05, 4.69) is 10.1 Å². The van der Waals surface area contributed by atoms with Gasteiger partial charge in [0.25, 0.3) is 0 Å². The van der Waals surface area contributed by atoms with Gasteiger partial charge in [0.1, 0.15) is 12.6 Å². The van der Waals surface area contributed by atoms with Crippen molar-refractivity contribution in [3.63, 3.8) is 0 Å². The summed E-state index contributed by atoms with van der Waals surface area (Å²) in [6, 6.07) is 15.6. The first-order valence-electron chi connectivity index (χ1n) is 9.55. The summed E-state index contributed by atoms with van der Waals surface area (Å²) in [7, 11) is 0.777. The number of hydrogen-bond acceptors (Lipinski definition) is 5. The molecule has 10 heteroatoms. The lowest BCUT2D eigenvalue weighted by Gasteiger charge is -2.31. The number of carbonyl (C=O) groups is 3. The highest BCUT2D eigenvalue weighted by atomic mass is 19.4. The summed E-state index contributed by atoms with van der Waals surface area (Å²) in [6.07, 6.45) is -6.28. The van der Waals surface area contributed by atoms with Gasteiger partial charge in [0, 0.05) is 6.42 Å². The van der Waals surface area contributed by atoms with Gasteiger partial charge in [0.2, 0.25) is 11.4 Å². The third-order valence-electron chi connectivity index (χ3n) is 4.64. The molecule has 0 radical (unpaired) electrons. The van der Waals surface area contributed by atoms with Gasteiger partial charge < -0.3 is 20.1 Å². The van der Waals surface area contributed by atoms with Crippen molar-refractivity contribution >= 4 is 18.0 Å². The van der Waals surface area contributed by atoms with Gasteiger partial charge in [-0.15, -0.1) is 0 Å². The molecule has 0 heterocycles. The molecule has 0 spiro atoms. The van der Waals surface area contributed by atoms with Crippen LogP contribution in [0.5, 0.6) is 0 Å². The summed E-state index contributed by atoms with van der Waals surface area (Å²) in [6.45, 7) is 0.388. The van der Waals surface area contributed by atoms with Crippen LogP contribution >= 0.6 is 0 Å². The van der Waals surface area contributed by atoms with E-state index in [1.807, 2.05) is 0 Å². The molecular formula is C22H23F3N2O5. The van der Waals surface area contributed by atoms with Crippen molar-refractivity contribution in [2.75, 3.05) is 7.11 Å². The molecule has 2 amide bonds. The zero-order valence-corrected chi connectivity index (χ0v) is 17.4. The Hall–Kier alpha value is -3.56. The largest absolute Gasteiger partial charge is 0.467 e. The number of nitrogens with one attached hydrogen (secondary N) is 2. The lowest BCUT2D eigenvalue weighted by atomic mass is 9.99. The third kappa shape index (κ3) is 6.47. The van der Waals surface area contributed by atoms with Crippen molar-refractivity contribution in [3.05, 3.63) is 71.8 Å². The zero-order chi connectivity index (χ0) is 23.8. The second-order valence-corrected chi connectivity index (χ2v) is 7.05. The number of rotatable bonds is 8. The van der Waals surface area contributed by atoms with Gasteiger partial charge in [0.05, 0.1) is 7.11 Å². The lowest BCUT2D eigenvalue weighted by Crippen LogP contribution is -2.65. The molecule has 0 aliphatic heterocycles. The van der Waals surface area contributed by atoms with Crippen molar-refractivity contribution in [1.29, 1.82) is 0 Å². The van der Waals surface area contributed by atoms with Crippen LogP contribution in [0.3, 0.4) is 0 Å². The topological polar surface area (TPSA) is 93.7 Å². The minimum Gasteiger partial charge on any atom is -0.467 e. The van der Waals surface area contributed by atoms with Gasteiger partial charge in [-0.3, -0.25) is 4.79 Å². The Balaban J connectivity index is 2.18. The highest BCUT2D eigenvalue weighted by Gasteiger charge is 2.59. The summed E-state index contributed by atoms with van der Waals surface area (Å²) < 4.78 is 49.9. The summed E-state index contributed by atoms with van der Waals surface area (Å²) in [4.78, 5) is 36.8. The van der Waals surface area contributed by atoms with E-state index < -0.39 is 35.7 Å². The first kappa shape index (κ1) is 24.7. The summed E-state index contributed by atoms with van der Waals surface area (Å²) >= 11 is 0. The van der Waals surface area contributed by atoms with Gasteiger partial charge in [-0.1, -0.05) is 60.7 Å². The van der Waals surface area contributed by atoms with Crippen LogP contribution in [0, 0.1) is 0 Å². The molecule has 0 fully saturated rings. The van der Waals surface area contributed by atoms with Crippen LogP contribution in [0.4, 0.5) is 18.0 Å². The first-order chi connectivity index (χ1) is 15.1. The molecule has 0 bridgehead atoms. The molecule has 0 aromatic heterocycles. The van der Waals surface area contributed by atoms with Crippen molar-refractivity contribution < 1.29 is 37.0 Å². The molecule has 0 saturated heterocycles. The monoisotopic (exact) mass is 452 g/mol. The van der Waals surface area contributed by atoms with Crippen LogP contribution in [0.15, 0.2) is 60.7 Å². The van der Waals surface area contributed by atoms with Crippen LogP contribution < -0.4 is 10.6 Å². The Morgan fingerprint density at radius 2 is 1.47 bits per heavy atom. The number of halogens is 3. The Kier molecular flexibility index (Phi) is 8.22. The number of alkyl carbamates (subject to hydrolysis) is 1. The summed E-state index contributed by atoms with van der Waals surface area (Å²) in [5.41, 5.74) is -2.05. The molecule has 2 N–H and O–H groups in total. The Morgan fingerprint density at radius 3 is 1.97 bits per heavy atom. The van der Waals surface area contributed by atoms with Gasteiger partial charge in [-0.2, -0.15) is 13.2 Å². The van der Waals surface area contributed by atoms with Crippen LogP contribution in [-0.4, -0.2) is 42.8 Å². The highest BCUT2D eigenvalue weighted by Crippen LogP contribution is 2.31. The molecule has 2 aromatic carbocycles. The molecule has 2 rings (SSSR count). The van der Waals surface area contributed by atoms with Gasteiger partial charge in [0.15, 0.2) is 0 Å². The fourth-order valence-electron chi connectivity index (χ4n) is 2.74. The van der Waals surface area contributed by atoms with Crippen LogP contribution in [0.2, 0.25) is 0 Å². The standard InChI is InChI=1S/C22H23F3N2O5/c1-21(19(29)31-2,22(23,24)25)27-18(28)17(13-15-9-5-3-6-10-15)26-20(30)32-14-16-11-7-4-8-12-16/h3-12,17H,13-14H2,1-2H3,(H,26,30)(H,27,28)/t17-,21+/m0/s1. The van der Waals surface area contributed by atoms with E-state index in [-0.39, 0.29) is 13.0 Å². The predicted molar refractivity (Wildman–Crippen MR) is 108 cm³/mol. The Morgan fingerprint density at radius 1 is 0.938 bits per heavy atom. The predicted octanol–water partition coefficient (Wildman–Crippen LogP) is 3.13. The van der Waals surface area contributed by atoms with E-state index in [0.29, 0.717) is 18.1 Å². The van der Waals surface area contributed by atoms with Gasteiger partial charge >= 0.3 is 18.2 Å². The normalized spacial score (nSPS) is 13.9. The van der Waals surface area contributed by atoms with Crippen LogP contribution in [0.1, 0.15) is 18.1 Å². The molecule has 2 atom stereocenters. The first-order valence-corrected chi connectivity index (χ1v) is 9.55. The van der Waals surface area contributed by atoms with Crippen molar-refractivity contribution in [3.8, 4) is 0 Å². The number of esters is 1. The average molecular weight is 452 g/mol. The Bertz CT molecular complexity index is 922. The lowest BCUT2D eigenvalue weighted by molar-refractivity contribution is -0.209. The van der Waals surface area contributed by atoms with E-state index in [1.165, 1.54) is 0 Å². The SMILES string of the molecule is COC(=O)[C@@](C)(NC(=O)[C@H](Cc1ccccc1)NC(=O)OCc1ccccc1)C(F)(F)F. The maximum atomic E-state index is 13.5. The minimum absolute atomic E-state index is 0.102. The molecule has 32 heavy (non-hydrogen) atoms. The minimum atomic E-state index is -5.14. The van der Waals surface area contributed by atoms with E-state index >= 15 is 0 Å². The number of carbonyl (C=O) groups excluding carboxylic acids is 3. The highest BCUT2D eigenvalue weighted by molar-refractivity contribution is 5.92. The second-order valence-electron chi connectivity index (χ2n) is 7.05. The third-order valence-corrected chi connectivity index (χ3v) is 4.64. The van der Waals surface area contributed by atoms with E-state index in [1.54, 1.807) is 66.0 Å². The number of ether oxygens (including phenoxy) is 2. The summed E-state index contributed by atoms with van der Waals surface area (Å²) in [5, 5.41) is 3.95. The van der Waals surface area contributed by atoms with Gasteiger partial charge in [-0.05, 0) is 18.1 Å². The fourth-order valence-corrected chi connectivity index (χ4v) is 2.74. The number of methoxy groups -OCH3 is 1. The van der Waals surface area contributed by atoms with E-state index in [9.17, 15) is 27.6 Å². The smallest absolute Gasteiger partial charge is 0.422 e. The van der Waals surface area contributed by atoms with E-state index in [0.717, 1.165) is 7.11 Å². The van der Waals surface area contributed by atoms with Crippen LogP contribution in [-0.2, 0) is 32.1 Å². The molecular weight excluding hydrogens is 429 g/mol. The van der Waals surface area contributed by atoms with E-state index in [4.69, 9.17) is 4.74 Å². The maximum absolute atomic E-state index is 13.5.